The molecule has 0 aliphatic heterocycles. The van der Waals surface area contributed by atoms with Crippen molar-refractivity contribution in [3.05, 3.63) is 39.8 Å². The lowest BCUT2D eigenvalue weighted by molar-refractivity contribution is 0.354. The number of aliphatic imine (C=N–C) groups is 1. The van der Waals surface area contributed by atoms with Crippen LogP contribution in [0.15, 0.2) is 28.6 Å². The summed E-state index contributed by atoms with van der Waals surface area (Å²) in [5.41, 5.74) is 2.24. The van der Waals surface area contributed by atoms with E-state index in [4.69, 9.17) is 14.5 Å². The number of nitrogens with one attached hydrogen (secondary N) is 1. The Bertz CT molecular complexity index is 736. The Balaban J connectivity index is 0.00000364. The van der Waals surface area contributed by atoms with Crippen LogP contribution >= 0.6 is 35.3 Å². The van der Waals surface area contributed by atoms with Crippen LogP contribution in [-0.4, -0.2) is 50.2 Å². The van der Waals surface area contributed by atoms with E-state index >= 15 is 0 Å². The normalized spacial score (nSPS) is 10.9. The molecule has 2 rings (SSSR count). The van der Waals surface area contributed by atoms with Crippen molar-refractivity contribution >= 4 is 41.3 Å². The minimum absolute atomic E-state index is 0. The predicted octanol–water partition coefficient (Wildman–Crippen LogP) is 3.73. The second kappa shape index (κ2) is 12.0. The van der Waals surface area contributed by atoms with Gasteiger partial charge in [0.2, 0.25) is 0 Å². The molecule has 6 nitrogen and oxygen atoms in total. The monoisotopic (exact) mass is 504 g/mol. The minimum atomic E-state index is 0. The average molecular weight is 504 g/mol. The van der Waals surface area contributed by atoms with Crippen LogP contribution in [0.1, 0.15) is 23.2 Å². The third-order valence-corrected chi connectivity index (χ3v) is 4.69. The van der Waals surface area contributed by atoms with Crippen molar-refractivity contribution in [1.29, 1.82) is 0 Å². The molecule has 0 saturated heterocycles. The third kappa shape index (κ3) is 7.17. The molecule has 0 fully saturated rings. The lowest BCUT2D eigenvalue weighted by Crippen LogP contribution is -2.38. The fourth-order valence-corrected chi connectivity index (χ4v) is 3.20. The zero-order chi connectivity index (χ0) is 18.9. The molecule has 0 saturated carbocycles. The van der Waals surface area contributed by atoms with E-state index in [9.17, 15) is 0 Å². The largest absolute Gasteiger partial charge is 0.493 e. The molecule has 0 radical (unpaired) electrons. The highest BCUT2D eigenvalue weighted by atomic mass is 127. The first-order valence-corrected chi connectivity index (χ1v) is 9.56. The van der Waals surface area contributed by atoms with Gasteiger partial charge in [-0.1, -0.05) is 6.07 Å². The predicted molar refractivity (Wildman–Crippen MR) is 123 cm³/mol. The topological polar surface area (TPSA) is 59.0 Å². The Kier molecular flexibility index (Phi) is 10.5. The molecule has 27 heavy (non-hydrogen) atoms. The van der Waals surface area contributed by atoms with Gasteiger partial charge >= 0.3 is 0 Å². The van der Waals surface area contributed by atoms with Crippen LogP contribution in [0.25, 0.3) is 0 Å². The number of methoxy groups -OCH3 is 2. The molecule has 0 atom stereocenters. The third-order valence-electron chi connectivity index (χ3n) is 3.87. The van der Waals surface area contributed by atoms with Crippen molar-refractivity contribution in [1.82, 2.24) is 15.2 Å². The highest BCUT2D eigenvalue weighted by molar-refractivity contribution is 14.0. The summed E-state index contributed by atoms with van der Waals surface area (Å²) in [5.74, 6) is 2.38. The van der Waals surface area contributed by atoms with Gasteiger partial charge < -0.3 is 19.7 Å². The van der Waals surface area contributed by atoms with Crippen LogP contribution in [0.2, 0.25) is 0 Å². The maximum atomic E-state index is 5.36. The van der Waals surface area contributed by atoms with Gasteiger partial charge in [-0.2, -0.15) is 0 Å². The second-order valence-corrected chi connectivity index (χ2v) is 6.95. The first-order valence-electron chi connectivity index (χ1n) is 8.68. The fraction of sp³-hybridized carbons (Fsp3) is 0.474. The number of thiazole rings is 1. The number of nitrogens with zero attached hydrogens (tertiary/aromatic N) is 3. The molecule has 1 aromatic heterocycles. The highest BCUT2D eigenvalue weighted by Gasteiger charge is 2.09. The van der Waals surface area contributed by atoms with Gasteiger partial charge in [-0.3, -0.25) is 4.99 Å². The Morgan fingerprint density at radius 2 is 2.00 bits per heavy atom. The van der Waals surface area contributed by atoms with E-state index in [1.54, 1.807) is 25.6 Å². The number of aromatic nitrogens is 1. The van der Waals surface area contributed by atoms with Gasteiger partial charge in [-0.25, -0.2) is 4.98 Å². The quantitative estimate of drug-likeness (QED) is 0.338. The molecule has 150 valence electrons. The van der Waals surface area contributed by atoms with E-state index in [1.807, 2.05) is 32.2 Å². The van der Waals surface area contributed by atoms with E-state index in [2.05, 4.69) is 27.5 Å². The molecule has 0 unspecified atom stereocenters. The number of rotatable bonds is 8. The summed E-state index contributed by atoms with van der Waals surface area (Å²) >= 11 is 1.67. The second-order valence-electron chi connectivity index (χ2n) is 5.89. The summed E-state index contributed by atoms with van der Waals surface area (Å²) in [6.45, 7) is 6.36. The van der Waals surface area contributed by atoms with Crippen LogP contribution in [0.5, 0.6) is 11.5 Å². The molecule has 2 aromatic rings. The average Bonchev–Trinajstić information content (AvgIpc) is 3.05. The van der Waals surface area contributed by atoms with Gasteiger partial charge in [0.1, 0.15) is 0 Å². The number of aryl methyl sites for hydroxylation is 1. The maximum absolute atomic E-state index is 5.36. The van der Waals surface area contributed by atoms with Crippen LogP contribution in [-0.2, 0) is 13.0 Å². The van der Waals surface area contributed by atoms with E-state index in [1.165, 1.54) is 5.56 Å². The number of hydrogen-bond donors (Lipinski definition) is 1. The van der Waals surface area contributed by atoms with E-state index in [0.29, 0.717) is 6.54 Å². The van der Waals surface area contributed by atoms with Crippen molar-refractivity contribution in [2.75, 3.05) is 34.4 Å². The summed E-state index contributed by atoms with van der Waals surface area (Å²) in [5, 5.41) is 6.53. The van der Waals surface area contributed by atoms with Gasteiger partial charge in [-0.05, 0) is 38.0 Å². The van der Waals surface area contributed by atoms with Crippen molar-refractivity contribution in [2.24, 2.45) is 4.99 Å². The minimum Gasteiger partial charge on any atom is -0.493 e. The Labute approximate surface area is 183 Å². The molecule has 1 heterocycles. The molecule has 0 aliphatic rings. The van der Waals surface area contributed by atoms with Crippen molar-refractivity contribution in [3.63, 3.8) is 0 Å². The zero-order valence-electron chi connectivity index (χ0n) is 16.6. The van der Waals surface area contributed by atoms with Gasteiger partial charge in [0, 0.05) is 25.5 Å². The number of ether oxygens (including phenoxy) is 2. The maximum Gasteiger partial charge on any atom is 0.194 e. The molecule has 8 heteroatoms. The molecular formula is C19H29IN4O2S. The van der Waals surface area contributed by atoms with Gasteiger partial charge in [0.15, 0.2) is 17.5 Å². The summed E-state index contributed by atoms with van der Waals surface area (Å²) in [4.78, 5) is 11.4. The first kappa shape index (κ1) is 23.5. The summed E-state index contributed by atoms with van der Waals surface area (Å²) in [6, 6.07) is 5.98. The van der Waals surface area contributed by atoms with Gasteiger partial charge in [-0.15, -0.1) is 35.3 Å². The summed E-state index contributed by atoms with van der Waals surface area (Å²) in [6.07, 6.45) is 0.832. The van der Waals surface area contributed by atoms with Crippen molar-refractivity contribution in [3.8, 4) is 11.5 Å². The van der Waals surface area contributed by atoms with E-state index < -0.39 is 0 Å². The smallest absolute Gasteiger partial charge is 0.194 e. The molecule has 0 bridgehead atoms. The zero-order valence-corrected chi connectivity index (χ0v) is 19.8. The molecule has 0 amide bonds. The SMILES string of the molecule is CCNC(=NCCc1ccc(OC)c(OC)c1)N(C)Cc1csc(C)n1.I. The Morgan fingerprint density at radius 1 is 1.26 bits per heavy atom. The first-order chi connectivity index (χ1) is 12.6. The highest BCUT2D eigenvalue weighted by Crippen LogP contribution is 2.27. The van der Waals surface area contributed by atoms with Crippen LogP contribution in [0, 0.1) is 6.92 Å². The number of guanidine groups is 1. The molecular weight excluding hydrogens is 475 g/mol. The van der Waals surface area contributed by atoms with Crippen molar-refractivity contribution < 1.29 is 9.47 Å². The van der Waals surface area contributed by atoms with Crippen LogP contribution in [0.3, 0.4) is 0 Å². The van der Waals surface area contributed by atoms with E-state index in [-0.39, 0.29) is 24.0 Å². The number of benzene rings is 1. The van der Waals surface area contributed by atoms with Crippen LogP contribution < -0.4 is 14.8 Å². The standard InChI is InChI=1S/C19H28N4O2S.HI/c1-6-20-19(23(3)12-16-13-26-14(2)22-16)21-10-9-15-7-8-17(24-4)18(11-15)25-5;/h7-8,11,13H,6,9-10,12H2,1-5H3,(H,20,21);1H. The molecule has 0 aliphatic carbocycles. The van der Waals surface area contributed by atoms with Crippen LogP contribution in [0.4, 0.5) is 0 Å². The lowest BCUT2D eigenvalue weighted by atomic mass is 10.1. The molecule has 1 aromatic carbocycles. The Hall–Kier alpha value is -1.55. The number of halogens is 1. The van der Waals surface area contributed by atoms with E-state index in [0.717, 1.165) is 47.7 Å². The molecule has 0 spiro atoms. The summed E-state index contributed by atoms with van der Waals surface area (Å²) in [7, 11) is 5.33. The Morgan fingerprint density at radius 3 is 2.59 bits per heavy atom. The lowest BCUT2D eigenvalue weighted by Gasteiger charge is -2.21. The summed E-state index contributed by atoms with van der Waals surface area (Å²) < 4.78 is 10.6. The molecule has 1 N–H and O–H groups in total. The van der Waals surface area contributed by atoms with Crippen molar-refractivity contribution in [2.45, 2.75) is 26.8 Å². The van der Waals surface area contributed by atoms with Gasteiger partial charge in [0.05, 0.1) is 31.5 Å². The fourth-order valence-electron chi connectivity index (χ4n) is 2.60. The number of hydrogen-bond acceptors (Lipinski definition) is 5. The van der Waals surface area contributed by atoms with Gasteiger partial charge in [0.25, 0.3) is 0 Å².